The molecule has 0 radical (unpaired) electrons. The van der Waals surface area contributed by atoms with E-state index in [1.807, 2.05) is 6.07 Å². The van der Waals surface area contributed by atoms with Crippen LogP contribution in [0.2, 0.25) is 0 Å². The second-order valence-corrected chi connectivity index (χ2v) is 2.49. The maximum absolute atomic E-state index is 7.01. The lowest BCUT2D eigenvalue weighted by Gasteiger charge is -2.01. The van der Waals surface area contributed by atoms with Crippen LogP contribution in [-0.2, 0) is 6.42 Å². The molecule has 1 rings (SSSR count). The third-order valence-corrected chi connectivity index (χ3v) is 1.61. The Kier molecular flexibility index (Phi) is 2.49. The number of nitrogens with one attached hydrogen (secondary N) is 1. The van der Waals surface area contributed by atoms with Crippen LogP contribution in [0.15, 0.2) is 18.2 Å². The van der Waals surface area contributed by atoms with Gasteiger partial charge in [-0.15, -0.1) is 12.3 Å². The molecular formula is C10H10N2. The molecule has 2 heteroatoms. The fourth-order valence-electron chi connectivity index (χ4n) is 0.983. The summed E-state index contributed by atoms with van der Waals surface area (Å²) in [7, 11) is 0. The Labute approximate surface area is 71.9 Å². The number of benzene rings is 1. The monoisotopic (exact) mass is 158 g/mol. The van der Waals surface area contributed by atoms with E-state index in [1.165, 1.54) is 6.21 Å². The lowest BCUT2D eigenvalue weighted by atomic mass is 10.1. The summed E-state index contributed by atoms with van der Waals surface area (Å²) in [4.78, 5) is 0. The summed E-state index contributed by atoms with van der Waals surface area (Å²) in [5.74, 6) is 2.54. The Bertz CT molecular complexity index is 334. The fourth-order valence-corrected chi connectivity index (χ4v) is 0.983. The molecule has 3 N–H and O–H groups in total. The summed E-state index contributed by atoms with van der Waals surface area (Å²) in [5, 5.41) is 7.01. The van der Waals surface area contributed by atoms with E-state index in [-0.39, 0.29) is 0 Å². The molecule has 0 spiro atoms. The standard InChI is InChI=1S/C10H10N2/c1-2-3-8-4-5-9(7-11)10(12)6-8/h1,4-7,11H,3,12H2. The average Bonchev–Trinajstić information content (AvgIpc) is 2.05. The molecule has 0 saturated heterocycles. The Morgan fingerprint density at radius 2 is 2.33 bits per heavy atom. The molecule has 0 aliphatic rings. The molecule has 0 unspecified atom stereocenters. The van der Waals surface area contributed by atoms with Crippen molar-refractivity contribution >= 4 is 11.9 Å². The first-order valence-electron chi connectivity index (χ1n) is 3.60. The number of rotatable bonds is 2. The Morgan fingerprint density at radius 1 is 1.58 bits per heavy atom. The number of terminal acetylenes is 1. The van der Waals surface area contributed by atoms with Gasteiger partial charge in [0.2, 0.25) is 0 Å². The zero-order chi connectivity index (χ0) is 8.97. The minimum atomic E-state index is 0.586. The highest BCUT2D eigenvalue weighted by Crippen LogP contribution is 2.12. The third-order valence-electron chi connectivity index (χ3n) is 1.61. The summed E-state index contributed by atoms with van der Waals surface area (Å²) >= 11 is 0. The maximum atomic E-state index is 7.01. The smallest absolute Gasteiger partial charge is 0.0406 e. The quantitative estimate of drug-likeness (QED) is 0.382. The number of hydrogen-bond donors (Lipinski definition) is 2. The van der Waals surface area contributed by atoms with Gasteiger partial charge < -0.3 is 11.1 Å². The highest BCUT2D eigenvalue weighted by molar-refractivity contribution is 5.84. The molecule has 12 heavy (non-hydrogen) atoms. The average molecular weight is 158 g/mol. The first kappa shape index (κ1) is 8.35. The van der Waals surface area contributed by atoms with E-state index in [9.17, 15) is 0 Å². The van der Waals surface area contributed by atoms with Gasteiger partial charge in [-0.1, -0.05) is 12.1 Å². The number of hydrogen-bond acceptors (Lipinski definition) is 2. The Balaban J connectivity index is 3.03. The van der Waals surface area contributed by atoms with Crippen molar-refractivity contribution in [2.75, 3.05) is 5.73 Å². The van der Waals surface area contributed by atoms with Crippen molar-refractivity contribution in [3.05, 3.63) is 29.3 Å². The van der Waals surface area contributed by atoms with Gasteiger partial charge in [-0.2, -0.15) is 0 Å². The fraction of sp³-hybridized carbons (Fsp3) is 0.100. The molecule has 0 saturated carbocycles. The zero-order valence-electron chi connectivity index (χ0n) is 6.67. The van der Waals surface area contributed by atoms with Crippen LogP contribution in [0.4, 0.5) is 5.69 Å². The molecule has 0 aliphatic carbocycles. The lowest BCUT2D eigenvalue weighted by molar-refractivity contribution is 1.32. The summed E-state index contributed by atoms with van der Waals surface area (Å²) in [6.07, 6.45) is 6.96. The Hall–Kier alpha value is -1.75. The summed E-state index contributed by atoms with van der Waals surface area (Å²) < 4.78 is 0. The second kappa shape index (κ2) is 3.59. The van der Waals surface area contributed by atoms with E-state index in [1.54, 1.807) is 12.1 Å². The van der Waals surface area contributed by atoms with E-state index in [0.29, 0.717) is 12.1 Å². The van der Waals surface area contributed by atoms with Crippen LogP contribution in [0.5, 0.6) is 0 Å². The molecule has 1 aromatic rings. The minimum Gasteiger partial charge on any atom is -0.398 e. The van der Waals surface area contributed by atoms with Gasteiger partial charge in [-0.05, 0) is 11.6 Å². The molecule has 0 fully saturated rings. The topological polar surface area (TPSA) is 49.9 Å². The van der Waals surface area contributed by atoms with Crippen molar-refractivity contribution in [2.24, 2.45) is 0 Å². The van der Waals surface area contributed by atoms with Gasteiger partial charge in [0, 0.05) is 23.9 Å². The molecule has 0 aromatic heterocycles. The first-order chi connectivity index (χ1) is 5.77. The van der Waals surface area contributed by atoms with Gasteiger partial charge in [0.1, 0.15) is 0 Å². The van der Waals surface area contributed by atoms with Crippen LogP contribution in [-0.4, -0.2) is 6.21 Å². The van der Waals surface area contributed by atoms with Crippen LogP contribution in [0, 0.1) is 17.8 Å². The van der Waals surface area contributed by atoms with Gasteiger partial charge >= 0.3 is 0 Å². The summed E-state index contributed by atoms with van der Waals surface area (Å²) in [6.45, 7) is 0. The van der Waals surface area contributed by atoms with Crippen LogP contribution in [0.1, 0.15) is 11.1 Å². The SMILES string of the molecule is C#CCc1ccc(C=N)c(N)c1. The highest BCUT2D eigenvalue weighted by atomic mass is 14.6. The Morgan fingerprint density at radius 3 is 2.83 bits per heavy atom. The molecule has 0 amide bonds. The summed E-state index contributed by atoms with van der Waals surface area (Å²) in [5.41, 5.74) is 8.00. The van der Waals surface area contributed by atoms with E-state index in [4.69, 9.17) is 17.6 Å². The van der Waals surface area contributed by atoms with Crippen molar-refractivity contribution < 1.29 is 0 Å². The third kappa shape index (κ3) is 1.64. The molecule has 0 heterocycles. The van der Waals surface area contributed by atoms with E-state index in [0.717, 1.165) is 11.1 Å². The van der Waals surface area contributed by atoms with Gasteiger partial charge in [-0.3, -0.25) is 0 Å². The molecule has 0 atom stereocenters. The predicted molar refractivity (Wildman–Crippen MR) is 51.3 cm³/mol. The number of nitrogen functional groups attached to an aromatic ring is 1. The molecular weight excluding hydrogens is 148 g/mol. The van der Waals surface area contributed by atoms with Gasteiger partial charge in [0.25, 0.3) is 0 Å². The summed E-state index contributed by atoms with van der Waals surface area (Å²) in [6, 6.07) is 5.49. The van der Waals surface area contributed by atoms with E-state index < -0.39 is 0 Å². The van der Waals surface area contributed by atoms with Crippen LogP contribution < -0.4 is 5.73 Å². The zero-order valence-corrected chi connectivity index (χ0v) is 6.67. The van der Waals surface area contributed by atoms with Crippen molar-refractivity contribution in [3.8, 4) is 12.3 Å². The van der Waals surface area contributed by atoms with Crippen LogP contribution in [0.25, 0.3) is 0 Å². The second-order valence-electron chi connectivity index (χ2n) is 2.49. The number of anilines is 1. The van der Waals surface area contributed by atoms with Crippen LogP contribution >= 0.6 is 0 Å². The van der Waals surface area contributed by atoms with Gasteiger partial charge in [0.05, 0.1) is 0 Å². The van der Waals surface area contributed by atoms with Crippen molar-refractivity contribution in [1.29, 1.82) is 5.41 Å². The maximum Gasteiger partial charge on any atom is 0.0406 e. The number of nitrogens with two attached hydrogens (primary N) is 1. The minimum absolute atomic E-state index is 0.586. The molecule has 60 valence electrons. The normalized spacial score (nSPS) is 8.92. The largest absolute Gasteiger partial charge is 0.398 e. The van der Waals surface area contributed by atoms with Gasteiger partial charge in [0.15, 0.2) is 0 Å². The first-order valence-corrected chi connectivity index (χ1v) is 3.60. The van der Waals surface area contributed by atoms with Crippen LogP contribution in [0.3, 0.4) is 0 Å². The van der Waals surface area contributed by atoms with E-state index >= 15 is 0 Å². The molecule has 0 aliphatic heterocycles. The van der Waals surface area contributed by atoms with Crippen molar-refractivity contribution in [1.82, 2.24) is 0 Å². The highest BCUT2D eigenvalue weighted by Gasteiger charge is 1.96. The van der Waals surface area contributed by atoms with E-state index in [2.05, 4.69) is 5.92 Å². The molecule has 1 aromatic carbocycles. The van der Waals surface area contributed by atoms with Crippen molar-refractivity contribution in [3.63, 3.8) is 0 Å². The molecule has 2 nitrogen and oxygen atoms in total. The predicted octanol–water partition coefficient (Wildman–Crippen LogP) is 1.44. The van der Waals surface area contributed by atoms with Crippen molar-refractivity contribution in [2.45, 2.75) is 6.42 Å². The van der Waals surface area contributed by atoms with Gasteiger partial charge in [-0.25, -0.2) is 0 Å². The lowest BCUT2D eigenvalue weighted by Crippen LogP contribution is -1.94. The molecule has 0 bridgehead atoms.